The number of anilines is 1. The van der Waals surface area contributed by atoms with E-state index in [-0.39, 0.29) is 23.1 Å². The lowest BCUT2D eigenvalue weighted by atomic mass is 9.70. The van der Waals surface area contributed by atoms with Crippen molar-refractivity contribution >= 4 is 11.6 Å². The van der Waals surface area contributed by atoms with Crippen molar-refractivity contribution < 1.29 is 9.90 Å². The van der Waals surface area contributed by atoms with Gasteiger partial charge in [-0.2, -0.15) is 0 Å². The van der Waals surface area contributed by atoms with E-state index in [0.717, 1.165) is 45.4 Å². The Hall–Kier alpha value is -2.53. The molecule has 30 heavy (non-hydrogen) atoms. The second kappa shape index (κ2) is 9.09. The predicted octanol–water partition coefficient (Wildman–Crippen LogP) is 3.75. The lowest BCUT2D eigenvalue weighted by molar-refractivity contribution is -0.124. The second-order valence-electron chi connectivity index (χ2n) is 8.95. The van der Waals surface area contributed by atoms with Crippen molar-refractivity contribution in [1.29, 1.82) is 0 Å². The van der Waals surface area contributed by atoms with Gasteiger partial charge in [0.25, 0.3) is 0 Å². The first kappa shape index (κ1) is 20.7. The van der Waals surface area contributed by atoms with E-state index in [1.807, 2.05) is 18.2 Å². The minimum absolute atomic E-state index is 0.122. The van der Waals surface area contributed by atoms with E-state index in [4.69, 9.17) is 0 Å². The highest BCUT2D eigenvalue weighted by Crippen LogP contribution is 2.41. The summed E-state index contributed by atoms with van der Waals surface area (Å²) in [6.45, 7) is 6.35. The molecule has 2 N–H and O–H groups in total. The monoisotopic (exact) mass is 407 g/mol. The first-order chi connectivity index (χ1) is 14.5. The van der Waals surface area contributed by atoms with Crippen molar-refractivity contribution in [1.82, 2.24) is 10.2 Å². The van der Waals surface area contributed by atoms with Crippen LogP contribution < -0.4 is 10.2 Å². The van der Waals surface area contributed by atoms with Gasteiger partial charge < -0.3 is 15.3 Å². The summed E-state index contributed by atoms with van der Waals surface area (Å²) in [7, 11) is 0. The number of carbonyl (C=O) groups excluding carboxylic acids is 1. The van der Waals surface area contributed by atoms with Gasteiger partial charge in [-0.3, -0.25) is 9.69 Å². The first-order valence-corrected chi connectivity index (χ1v) is 11.2. The van der Waals surface area contributed by atoms with Gasteiger partial charge in [0.15, 0.2) is 0 Å². The van der Waals surface area contributed by atoms with Crippen molar-refractivity contribution in [2.45, 2.75) is 44.1 Å². The van der Waals surface area contributed by atoms with Crippen LogP contribution in [0.25, 0.3) is 0 Å². The van der Waals surface area contributed by atoms with Gasteiger partial charge in [0, 0.05) is 43.3 Å². The summed E-state index contributed by atoms with van der Waals surface area (Å²) in [5.41, 5.74) is 2.22. The molecule has 2 fully saturated rings. The third kappa shape index (κ3) is 4.78. The third-order valence-corrected chi connectivity index (χ3v) is 6.79. The molecule has 0 bridgehead atoms. The molecule has 5 nitrogen and oxygen atoms in total. The summed E-state index contributed by atoms with van der Waals surface area (Å²) in [6.07, 6.45) is 4.38. The van der Waals surface area contributed by atoms with Gasteiger partial charge in [0.05, 0.1) is 6.54 Å². The van der Waals surface area contributed by atoms with Crippen molar-refractivity contribution in [2.75, 3.05) is 37.6 Å². The van der Waals surface area contributed by atoms with Gasteiger partial charge in [-0.05, 0) is 49.6 Å². The summed E-state index contributed by atoms with van der Waals surface area (Å²) in [5.74, 6) is 0.692. The first-order valence-electron chi connectivity index (χ1n) is 11.2. The molecule has 5 heteroatoms. The number of rotatable bonds is 5. The molecule has 1 saturated heterocycles. The molecule has 2 atom stereocenters. The molecule has 4 rings (SSSR count). The highest BCUT2D eigenvalue weighted by atomic mass is 16.3. The van der Waals surface area contributed by atoms with Crippen LogP contribution in [0.1, 0.15) is 44.1 Å². The molecule has 0 radical (unpaired) electrons. The maximum absolute atomic E-state index is 13.0. The summed E-state index contributed by atoms with van der Waals surface area (Å²) < 4.78 is 0. The molecule has 0 spiro atoms. The molecule has 1 saturated carbocycles. The van der Waals surface area contributed by atoms with Crippen LogP contribution in [0.3, 0.4) is 0 Å². The number of carbonyl (C=O) groups is 1. The van der Waals surface area contributed by atoms with E-state index in [9.17, 15) is 9.90 Å². The standard InChI is InChI=1S/C25H33N3O2/c1-25(14-6-5-9-23(25)20-10-12-22(29)13-11-20)26-24(30)19-27-15-17-28(18-16-27)21-7-3-2-4-8-21/h2-4,7-8,10-13,23,29H,5-6,9,14-19H2,1H3,(H,26,30)/t23-,25+/m0/s1. The smallest absolute Gasteiger partial charge is 0.234 e. The number of para-hydroxylation sites is 1. The minimum atomic E-state index is -0.238. The zero-order chi connectivity index (χ0) is 21.0. The lowest BCUT2D eigenvalue weighted by Crippen LogP contribution is -2.56. The summed E-state index contributed by atoms with van der Waals surface area (Å²) in [4.78, 5) is 17.6. The Morgan fingerprint density at radius 1 is 1.03 bits per heavy atom. The quantitative estimate of drug-likeness (QED) is 0.793. The molecular weight excluding hydrogens is 374 g/mol. The van der Waals surface area contributed by atoms with Gasteiger partial charge in [0.1, 0.15) is 5.75 Å². The lowest BCUT2D eigenvalue weighted by Gasteiger charge is -2.43. The van der Waals surface area contributed by atoms with E-state index in [1.54, 1.807) is 12.1 Å². The number of hydrogen-bond donors (Lipinski definition) is 2. The van der Waals surface area contributed by atoms with Crippen LogP contribution in [0.2, 0.25) is 0 Å². The number of aromatic hydroxyl groups is 1. The molecule has 2 aromatic rings. The zero-order valence-corrected chi connectivity index (χ0v) is 17.9. The number of phenols is 1. The largest absolute Gasteiger partial charge is 0.508 e. The van der Waals surface area contributed by atoms with Crippen LogP contribution in [-0.2, 0) is 4.79 Å². The minimum Gasteiger partial charge on any atom is -0.508 e. The molecule has 2 aliphatic rings. The molecule has 0 aromatic heterocycles. The fourth-order valence-corrected chi connectivity index (χ4v) is 5.09. The van der Waals surface area contributed by atoms with Crippen molar-refractivity contribution in [3.8, 4) is 5.75 Å². The predicted molar refractivity (Wildman–Crippen MR) is 121 cm³/mol. The van der Waals surface area contributed by atoms with Gasteiger partial charge >= 0.3 is 0 Å². The molecule has 1 heterocycles. The number of piperazine rings is 1. The van der Waals surface area contributed by atoms with E-state index in [2.05, 4.69) is 46.3 Å². The number of hydrogen-bond acceptors (Lipinski definition) is 4. The van der Waals surface area contributed by atoms with Crippen molar-refractivity contribution in [3.05, 3.63) is 60.2 Å². The van der Waals surface area contributed by atoms with Gasteiger partial charge in [-0.25, -0.2) is 0 Å². The summed E-state index contributed by atoms with van der Waals surface area (Å²) in [5, 5.41) is 13.0. The van der Waals surface area contributed by atoms with Crippen LogP contribution in [0.5, 0.6) is 5.75 Å². The van der Waals surface area contributed by atoms with E-state index >= 15 is 0 Å². The van der Waals surface area contributed by atoms with Gasteiger partial charge in [-0.15, -0.1) is 0 Å². The van der Waals surface area contributed by atoms with Crippen LogP contribution >= 0.6 is 0 Å². The van der Waals surface area contributed by atoms with Crippen molar-refractivity contribution in [2.24, 2.45) is 0 Å². The van der Waals surface area contributed by atoms with Gasteiger partial charge in [0.2, 0.25) is 5.91 Å². The van der Waals surface area contributed by atoms with Crippen LogP contribution in [-0.4, -0.2) is 54.2 Å². The number of nitrogens with one attached hydrogen (secondary N) is 1. The molecule has 1 aliphatic heterocycles. The highest BCUT2D eigenvalue weighted by molar-refractivity contribution is 5.79. The maximum atomic E-state index is 13.0. The third-order valence-electron chi connectivity index (χ3n) is 6.79. The topological polar surface area (TPSA) is 55.8 Å². The Bertz CT molecular complexity index is 831. The number of phenolic OH excluding ortho intramolecular Hbond substituents is 1. The number of benzene rings is 2. The molecule has 0 unspecified atom stereocenters. The Labute approximate surface area is 179 Å². The molecular formula is C25H33N3O2. The fourth-order valence-electron chi connectivity index (χ4n) is 5.09. The van der Waals surface area contributed by atoms with E-state index in [1.165, 1.54) is 17.7 Å². The normalized spacial score (nSPS) is 25.1. The average Bonchev–Trinajstić information content (AvgIpc) is 2.76. The fraction of sp³-hybridized carbons (Fsp3) is 0.480. The maximum Gasteiger partial charge on any atom is 0.234 e. The van der Waals surface area contributed by atoms with Crippen LogP contribution in [0.15, 0.2) is 54.6 Å². The Morgan fingerprint density at radius 2 is 1.73 bits per heavy atom. The Balaban J connectivity index is 1.34. The molecule has 1 amide bonds. The van der Waals surface area contributed by atoms with E-state index < -0.39 is 0 Å². The number of nitrogens with zero attached hydrogens (tertiary/aromatic N) is 2. The van der Waals surface area contributed by atoms with Crippen molar-refractivity contribution in [3.63, 3.8) is 0 Å². The number of amides is 1. The van der Waals surface area contributed by atoms with Gasteiger partial charge in [-0.1, -0.05) is 43.2 Å². The van der Waals surface area contributed by atoms with E-state index in [0.29, 0.717) is 6.54 Å². The zero-order valence-electron chi connectivity index (χ0n) is 17.9. The van der Waals surface area contributed by atoms with Crippen LogP contribution in [0.4, 0.5) is 5.69 Å². The Morgan fingerprint density at radius 3 is 2.43 bits per heavy atom. The molecule has 1 aliphatic carbocycles. The highest BCUT2D eigenvalue weighted by Gasteiger charge is 2.38. The second-order valence-corrected chi connectivity index (χ2v) is 8.95. The van der Waals surface area contributed by atoms with Crippen LogP contribution in [0, 0.1) is 0 Å². The molecule has 160 valence electrons. The summed E-state index contributed by atoms with van der Waals surface area (Å²) in [6, 6.07) is 18.0. The Kier molecular flexibility index (Phi) is 6.28. The average molecular weight is 408 g/mol. The molecule has 2 aromatic carbocycles. The SMILES string of the molecule is C[C@@]1(NC(=O)CN2CCN(c3ccccc3)CC2)CCCC[C@H]1c1ccc(O)cc1. The summed E-state index contributed by atoms with van der Waals surface area (Å²) >= 11 is 0.